The van der Waals surface area contributed by atoms with Crippen LogP contribution in [0.4, 0.5) is 0 Å². The van der Waals surface area contributed by atoms with Crippen molar-refractivity contribution in [2.24, 2.45) is 5.92 Å². The molecule has 0 N–H and O–H groups in total. The highest BCUT2D eigenvalue weighted by atomic mass is 35.5. The van der Waals surface area contributed by atoms with Gasteiger partial charge in [-0.2, -0.15) is 0 Å². The first-order valence-electron chi connectivity index (χ1n) is 6.66. The number of hydrogen-bond acceptors (Lipinski definition) is 2. The van der Waals surface area contributed by atoms with E-state index in [9.17, 15) is 0 Å². The molecular weight excluding hydrogens is 258 g/mol. The van der Waals surface area contributed by atoms with Crippen molar-refractivity contribution in [3.8, 4) is 0 Å². The molecular formula is C15H20ClN3. The lowest BCUT2D eigenvalue weighted by Crippen LogP contribution is -2.13. The normalized spacial score (nSPS) is 12.9. The number of aromatic nitrogens is 3. The molecule has 1 aromatic carbocycles. The lowest BCUT2D eigenvalue weighted by Gasteiger charge is -2.16. The highest BCUT2D eigenvalue weighted by molar-refractivity contribution is 6.16. The van der Waals surface area contributed by atoms with E-state index < -0.39 is 0 Å². The molecule has 0 spiro atoms. The molecule has 2 aromatic rings. The standard InChI is InChI=1S/C15H20ClN3/c1-11(2)10-19-14(9-16)17-18-15(19)12(3)13-7-5-4-6-8-13/h4-8,11-12H,9-10H2,1-3H3. The smallest absolute Gasteiger partial charge is 0.147 e. The zero-order valence-corrected chi connectivity index (χ0v) is 12.4. The van der Waals surface area contributed by atoms with Crippen LogP contribution in [0, 0.1) is 5.92 Å². The second-order valence-corrected chi connectivity index (χ2v) is 5.51. The topological polar surface area (TPSA) is 30.7 Å². The molecule has 1 heterocycles. The first-order chi connectivity index (χ1) is 9.13. The molecule has 0 fully saturated rings. The monoisotopic (exact) mass is 277 g/mol. The summed E-state index contributed by atoms with van der Waals surface area (Å²) in [5, 5.41) is 8.56. The van der Waals surface area contributed by atoms with Crippen LogP contribution in [0.5, 0.6) is 0 Å². The van der Waals surface area contributed by atoms with E-state index in [-0.39, 0.29) is 5.92 Å². The van der Waals surface area contributed by atoms with Gasteiger partial charge in [0.25, 0.3) is 0 Å². The molecule has 0 bridgehead atoms. The molecule has 0 saturated heterocycles. The van der Waals surface area contributed by atoms with Gasteiger partial charge >= 0.3 is 0 Å². The number of rotatable bonds is 5. The predicted octanol–water partition coefficient (Wildman–Crippen LogP) is 3.82. The van der Waals surface area contributed by atoms with Crippen molar-refractivity contribution < 1.29 is 0 Å². The number of nitrogens with zero attached hydrogens (tertiary/aromatic N) is 3. The first-order valence-corrected chi connectivity index (χ1v) is 7.19. The molecule has 1 atom stereocenters. The van der Waals surface area contributed by atoms with Gasteiger partial charge in [0.1, 0.15) is 11.6 Å². The van der Waals surface area contributed by atoms with E-state index in [1.165, 1.54) is 5.56 Å². The number of alkyl halides is 1. The maximum absolute atomic E-state index is 5.96. The van der Waals surface area contributed by atoms with Crippen LogP contribution in [0.25, 0.3) is 0 Å². The number of halogens is 1. The zero-order valence-electron chi connectivity index (χ0n) is 11.7. The summed E-state index contributed by atoms with van der Waals surface area (Å²) in [5.74, 6) is 3.02. The Labute approximate surface area is 119 Å². The summed E-state index contributed by atoms with van der Waals surface area (Å²) in [6, 6.07) is 10.4. The minimum absolute atomic E-state index is 0.226. The molecule has 0 aliphatic rings. The quantitative estimate of drug-likeness (QED) is 0.778. The van der Waals surface area contributed by atoms with Crippen LogP contribution >= 0.6 is 11.6 Å². The van der Waals surface area contributed by atoms with Crippen molar-refractivity contribution >= 4 is 11.6 Å². The lowest BCUT2D eigenvalue weighted by molar-refractivity contribution is 0.492. The fraction of sp³-hybridized carbons (Fsp3) is 0.467. The Hall–Kier alpha value is -1.35. The average Bonchev–Trinajstić information content (AvgIpc) is 2.81. The molecule has 0 aliphatic heterocycles. The van der Waals surface area contributed by atoms with Gasteiger partial charge in [-0.3, -0.25) is 0 Å². The maximum Gasteiger partial charge on any atom is 0.147 e. The van der Waals surface area contributed by atoms with E-state index in [2.05, 4.69) is 59.8 Å². The highest BCUT2D eigenvalue weighted by Gasteiger charge is 2.19. The minimum Gasteiger partial charge on any atom is -0.313 e. The van der Waals surface area contributed by atoms with Crippen LogP contribution in [0.15, 0.2) is 30.3 Å². The summed E-state index contributed by atoms with van der Waals surface area (Å²) >= 11 is 5.96. The molecule has 0 radical (unpaired) electrons. The van der Waals surface area contributed by atoms with Gasteiger partial charge in [0.15, 0.2) is 0 Å². The molecule has 3 nitrogen and oxygen atoms in total. The van der Waals surface area contributed by atoms with E-state index in [0.717, 1.165) is 18.2 Å². The Kier molecular flexibility index (Phi) is 4.59. The fourth-order valence-corrected chi connectivity index (χ4v) is 2.42. The average molecular weight is 278 g/mol. The van der Waals surface area contributed by atoms with Crippen LogP contribution in [0.3, 0.4) is 0 Å². The summed E-state index contributed by atoms with van der Waals surface area (Å²) in [4.78, 5) is 0. The Bertz CT molecular complexity index is 519. The highest BCUT2D eigenvalue weighted by Crippen LogP contribution is 2.24. The zero-order chi connectivity index (χ0) is 13.8. The third-order valence-electron chi connectivity index (χ3n) is 3.21. The van der Waals surface area contributed by atoms with Gasteiger partial charge in [0, 0.05) is 12.5 Å². The van der Waals surface area contributed by atoms with Crippen molar-refractivity contribution in [2.75, 3.05) is 0 Å². The van der Waals surface area contributed by atoms with Crippen LogP contribution < -0.4 is 0 Å². The fourth-order valence-electron chi connectivity index (χ4n) is 2.22. The van der Waals surface area contributed by atoms with Gasteiger partial charge in [-0.1, -0.05) is 51.1 Å². The van der Waals surface area contributed by atoms with Gasteiger partial charge in [-0.25, -0.2) is 0 Å². The van der Waals surface area contributed by atoms with Crippen molar-refractivity contribution in [3.63, 3.8) is 0 Å². The Morgan fingerprint density at radius 2 is 1.79 bits per heavy atom. The Morgan fingerprint density at radius 1 is 1.11 bits per heavy atom. The molecule has 0 saturated carbocycles. The molecule has 4 heteroatoms. The van der Waals surface area contributed by atoms with Crippen molar-refractivity contribution in [1.82, 2.24) is 14.8 Å². The summed E-state index contributed by atoms with van der Waals surface area (Å²) in [6.07, 6.45) is 0. The molecule has 1 unspecified atom stereocenters. The second kappa shape index (κ2) is 6.20. The van der Waals surface area contributed by atoms with Gasteiger partial charge in [0.05, 0.1) is 5.88 Å². The van der Waals surface area contributed by atoms with Gasteiger partial charge in [0.2, 0.25) is 0 Å². The largest absolute Gasteiger partial charge is 0.313 e. The number of benzene rings is 1. The van der Waals surface area contributed by atoms with Crippen LogP contribution in [-0.4, -0.2) is 14.8 Å². The van der Waals surface area contributed by atoms with E-state index >= 15 is 0 Å². The molecule has 19 heavy (non-hydrogen) atoms. The maximum atomic E-state index is 5.96. The van der Waals surface area contributed by atoms with E-state index in [1.807, 2.05) is 6.07 Å². The van der Waals surface area contributed by atoms with Crippen LogP contribution in [0.1, 0.15) is 43.9 Å². The number of hydrogen-bond donors (Lipinski definition) is 0. The van der Waals surface area contributed by atoms with Crippen molar-refractivity contribution in [3.05, 3.63) is 47.5 Å². The van der Waals surface area contributed by atoms with Crippen molar-refractivity contribution in [1.29, 1.82) is 0 Å². The summed E-state index contributed by atoms with van der Waals surface area (Å²) in [6.45, 7) is 7.44. The molecule has 0 aliphatic carbocycles. The molecule has 0 amide bonds. The molecule has 2 rings (SSSR count). The predicted molar refractivity (Wildman–Crippen MR) is 78.4 cm³/mol. The van der Waals surface area contributed by atoms with Crippen LogP contribution in [-0.2, 0) is 12.4 Å². The summed E-state index contributed by atoms with van der Waals surface area (Å²) in [7, 11) is 0. The second-order valence-electron chi connectivity index (χ2n) is 5.24. The lowest BCUT2D eigenvalue weighted by atomic mass is 10.0. The summed E-state index contributed by atoms with van der Waals surface area (Å²) < 4.78 is 2.16. The third kappa shape index (κ3) is 3.16. The molecule has 102 valence electrons. The Balaban J connectivity index is 2.36. The SMILES string of the molecule is CC(C)Cn1c(CCl)nnc1C(C)c1ccccc1. The van der Waals surface area contributed by atoms with E-state index in [4.69, 9.17) is 11.6 Å². The van der Waals surface area contributed by atoms with Gasteiger partial charge in [-0.05, 0) is 11.5 Å². The van der Waals surface area contributed by atoms with Crippen molar-refractivity contribution in [2.45, 2.75) is 39.1 Å². The Morgan fingerprint density at radius 3 is 2.37 bits per heavy atom. The third-order valence-corrected chi connectivity index (χ3v) is 3.45. The minimum atomic E-state index is 0.226. The van der Waals surface area contributed by atoms with E-state index in [1.54, 1.807) is 0 Å². The van der Waals surface area contributed by atoms with Crippen LogP contribution in [0.2, 0.25) is 0 Å². The van der Waals surface area contributed by atoms with E-state index in [0.29, 0.717) is 11.8 Å². The molecule has 1 aromatic heterocycles. The van der Waals surface area contributed by atoms with Gasteiger partial charge in [-0.15, -0.1) is 21.8 Å². The first kappa shape index (κ1) is 14.1. The van der Waals surface area contributed by atoms with Gasteiger partial charge < -0.3 is 4.57 Å². The summed E-state index contributed by atoms with van der Waals surface area (Å²) in [5.41, 5.74) is 1.25.